The van der Waals surface area contributed by atoms with Crippen LogP contribution >= 0.6 is 15.9 Å². The molecule has 108 valence electrons. The van der Waals surface area contributed by atoms with Crippen LogP contribution < -0.4 is 10.2 Å². The van der Waals surface area contributed by atoms with Gasteiger partial charge in [0.05, 0.1) is 12.3 Å². The van der Waals surface area contributed by atoms with Crippen molar-refractivity contribution in [1.82, 2.24) is 5.32 Å². The molecule has 0 amide bonds. The number of hydrogen-bond acceptors (Lipinski definition) is 3. The zero-order valence-electron chi connectivity index (χ0n) is 12.4. The Labute approximate surface area is 125 Å². The van der Waals surface area contributed by atoms with Crippen LogP contribution in [0.3, 0.4) is 0 Å². The van der Waals surface area contributed by atoms with Crippen LogP contribution in [0, 0.1) is 0 Å². The van der Waals surface area contributed by atoms with E-state index in [1.807, 2.05) is 7.05 Å². The van der Waals surface area contributed by atoms with E-state index in [0.29, 0.717) is 6.04 Å². The first-order valence-corrected chi connectivity index (χ1v) is 7.61. The molecule has 0 saturated heterocycles. The van der Waals surface area contributed by atoms with Gasteiger partial charge in [-0.1, -0.05) is 13.0 Å². The number of rotatable bonds is 8. The number of nitrogens with zero attached hydrogens (tertiary/aromatic N) is 1. The lowest BCUT2D eigenvalue weighted by Crippen LogP contribution is -2.35. The Kier molecular flexibility index (Phi) is 7.42. The van der Waals surface area contributed by atoms with E-state index in [1.54, 1.807) is 7.11 Å². The van der Waals surface area contributed by atoms with E-state index in [9.17, 15) is 0 Å². The summed E-state index contributed by atoms with van der Waals surface area (Å²) in [5, 5.41) is 3.17. The number of anilines is 1. The first-order valence-electron chi connectivity index (χ1n) is 6.82. The molecule has 0 aromatic heterocycles. The molecular weight excluding hydrogens is 304 g/mol. The first kappa shape index (κ1) is 16.5. The van der Waals surface area contributed by atoms with E-state index in [0.717, 1.165) is 30.6 Å². The minimum absolute atomic E-state index is 0.501. The lowest BCUT2D eigenvalue weighted by Gasteiger charge is -2.31. The van der Waals surface area contributed by atoms with Crippen molar-refractivity contribution in [2.45, 2.75) is 32.9 Å². The molecule has 1 aromatic carbocycles. The van der Waals surface area contributed by atoms with Crippen molar-refractivity contribution in [2.24, 2.45) is 0 Å². The number of nitrogens with one attached hydrogen (secondary N) is 1. The van der Waals surface area contributed by atoms with Gasteiger partial charge in [0.1, 0.15) is 0 Å². The molecule has 1 aromatic rings. The fourth-order valence-corrected chi connectivity index (χ4v) is 2.74. The second kappa shape index (κ2) is 8.56. The van der Waals surface area contributed by atoms with Gasteiger partial charge >= 0.3 is 0 Å². The van der Waals surface area contributed by atoms with Gasteiger partial charge in [-0.25, -0.2) is 0 Å². The average molecular weight is 329 g/mol. The molecule has 0 bridgehead atoms. The standard InChI is InChI=1S/C15H25BrN2O/c1-5-12(2)18(8-9-19-4)15-7-6-13(11-17-3)10-14(15)16/h6-7,10,12,17H,5,8-9,11H2,1-4H3. The Morgan fingerprint density at radius 1 is 1.42 bits per heavy atom. The second-order valence-electron chi connectivity index (χ2n) is 4.76. The van der Waals surface area contributed by atoms with E-state index in [2.05, 4.69) is 58.2 Å². The molecule has 0 aliphatic carbocycles. The highest BCUT2D eigenvalue weighted by atomic mass is 79.9. The Morgan fingerprint density at radius 2 is 2.16 bits per heavy atom. The summed E-state index contributed by atoms with van der Waals surface area (Å²) in [6, 6.07) is 7.06. The van der Waals surface area contributed by atoms with Crippen LogP contribution in [-0.4, -0.2) is 33.4 Å². The minimum Gasteiger partial charge on any atom is -0.383 e. The normalized spacial score (nSPS) is 12.5. The van der Waals surface area contributed by atoms with Crippen LogP contribution in [0.2, 0.25) is 0 Å². The molecule has 4 heteroatoms. The molecule has 0 spiro atoms. The highest BCUT2D eigenvalue weighted by Crippen LogP contribution is 2.29. The fourth-order valence-electron chi connectivity index (χ4n) is 2.09. The quantitative estimate of drug-likeness (QED) is 0.791. The topological polar surface area (TPSA) is 24.5 Å². The SMILES string of the molecule is CCC(C)N(CCOC)c1ccc(CNC)cc1Br. The molecule has 1 atom stereocenters. The molecule has 3 nitrogen and oxygen atoms in total. The second-order valence-corrected chi connectivity index (χ2v) is 5.61. The van der Waals surface area contributed by atoms with Gasteiger partial charge in [-0.05, 0) is 54.0 Å². The summed E-state index contributed by atoms with van der Waals surface area (Å²) in [5.74, 6) is 0. The summed E-state index contributed by atoms with van der Waals surface area (Å²) in [5.41, 5.74) is 2.53. The van der Waals surface area contributed by atoms with Crippen molar-refractivity contribution in [2.75, 3.05) is 32.2 Å². The highest BCUT2D eigenvalue weighted by Gasteiger charge is 2.15. The predicted octanol–water partition coefficient (Wildman–Crippen LogP) is 3.42. The predicted molar refractivity (Wildman–Crippen MR) is 85.9 cm³/mol. The molecule has 1 N–H and O–H groups in total. The van der Waals surface area contributed by atoms with Gasteiger partial charge in [-0.3, -0.25) is 0 Å². The molecular formula is C15H25BrN2O. The van der Waals surface area contributed by atoms with Gasteiger partial charge in [0.15, 0.2) is 0 Å². The van der Waals surface area contributed by atoms with Gasteiger partial charge in [0.25, 0.3) is 0 Å². The van der Waals surface area contributed by atoms with Crippen molar-refractivity contribution < 1.29 is 4.74 Å². The molecule has 0 aliphatic heterocycles. The third kappa shape index (κ3) is 4.79. The van der Waals surface area contributed by atoms with Crippen molar-refractivity contribution in [3.63, 3.8) is 0 Å². The smallest absolute Gasteiger partial charge is 0.0637 e. The van der Waals surface area contributed by atoms with Crippen LogP contribution in [0.1, 0.15) is 25.8 Å². The van der Waals surface area contributed by atoms with E-state index >= 15 is 0 Å². The first-order chi connectivity index (χ1) is 9.13. The Balaban J connectivity index is 2.94. The van der Waals surface area contributed by atoms with Gasteiger partial charge in [0, 0.05) is 30.7 Å². The number of ether oxygens (including phenoxy) is 1. The molecule has 0 saturated carbocycles. The molecule has 0 fully saturated rings. The number of benzene rings is 1. The molecule has 0 aliphatic rings. The minimum atomic E-state index is 0.501. The van der Waals surface area contributed by atoms with Gasteiger partial charge in [-0.15, -0.1) is 0 Å². The number of halogens is 1. The van der Waals surface area contributed by atoms with Crippen LogP contribution in [0.15, 0.2) is 22.7 Å². The largest absolute Gasteiger partial charge is 0.383 e. The Hall–Kier alpha value is -0.580. The third-order valence-electron chi connectivity index (χ3n) is 3.36. The van der Waals surface area contributed by atoms with E-state index < -0.39 is 0 Å². The summed E-state index contributed by atoms with van der Waals surface area (Å²) in [6.07, 6.45) is 1.12. The summed E-state index contributed by atoms with van der Waals surface area (Å²) in [4.78, 5) is 2.40. The monoisotopic (exact) mass is 328 g/mol. The lowest BCUT2D eigenvalue weighted by atomic mass is 10.1. The molecule has 0 radical (unpaired) electrons. The summed E-state index contributed by atoms with van der Waals surface area (Å²) < 4.78 is 6.37. The average Bonchev–Trinajstić information content (AvgIpc) is 2.41. The van der Waals surface area contributed by atoms with E-state index in [4.69, 9.17) is 4.74 Å². The van der Waals surface area contributed by atoms with Crippen LogP contribution in [-0.2, 0) is 11.3 Å². The van der Waals surface area contributed by atoms with Crippen LogP contribution in [0.25, 0.3) is 0 Å². The number of methoxy groups -OCH3 is 1. The summed E-state index contributed by atoms with van der Waals surface area (Å²) in [7, 11) is 3.71. The lowest BCUT2D eigenvalue weighted by molar-refractivity contribution is 0.203. The Morgan fingerprint density at radius 3 is 2.68 bits per heavy atom. The van der Waals surface area contributed by atoms with Gasteiger partial charge in [0.2, 0.25) is 0 Å². The zero-order chi connectivity index (χ0) is 14.3. The summed E-state index contributed by atoms with van der Waals surface area (Å²) >= 11 is 3.70. The van der Waals surface area contributed by atoms with Crippen LogP contribution in [0.5, 0.6) is 0 Å². The molecule has 0 heterocycles. The third-order valence-corrected chi connectivity index (χ3v) is 4.00. The van der Waals surface area contributed by atoms with Crippen molar-refractivity contribution >= 4 is 21.6 Å². The van der Waals surface area contributed by atoms with Crippen molar-refractivity contribution in [1.29, 1.82) is 0 Å². The van der Waals surface area contributed by atoms with Gasteiger partial charge in [-0.2, -0.15) is 0 Å². The van der Waals surface area contributed by atoms with Crippen molar-refractivity contribution in [3.05, 3.63) is 28.2 Å². The highest BCUT2D eigenvalue weighted by molar-refractivity contribution is 9.10. The number of hydrogen-bond donors (Lipinski definition) is 1. The maximum absolute atomic E-state index is 5.22. The summed E-state index contributed by atoms with van der Waals surface area (Å²) in [6.45, 7) is 7.02. The molecule has 1 rings (SSSR count). The molecule has 19 heavy (non-hydrogen) atoms. The van der Waals surface area contributed by atoms with Gasteiger partial charge < -0.3 is 15.0 Å². The maximum Gasteiger partial charge on any atom is 0.0637 e. The Bertz CT molecular complexity index is 384. The zero-order valence-corrected chi connectivity index (χ0v) is 14.0. The van der Waals surface area contributed by atoms with Crippen molar-refractivity contribution in [3.8, 4) is 0 Å². The fraction of sp³-hybridized carbons (Fsp3) is 0.600. The maximum atomic E-state index is 5.22. The van der Waals surface area contributed by atoms with Crippen LogP contribution in [0.4, 0.5) is 5.69 Å². The van der Waals surface area contributed by atoms with E-state index in [-0.39, 0.29) is 0 Å². The van der Waals surface area contributed by atoms with E-state index in [1.165, 1.54) is 11.3 Å². The molecule has 1 unspecified atom stereocenters.